The van der Waals surface area contributed by atoms with Crippen molar-refractivity contribution in [3.8, 4) is 0 Å². The van der Waals surface area contributed by atoms with E-state index in [1.165, 1.54) is 110 Å². The number of ether oxygens (including phenoxy) is 3. The molecule has 3 N–H and O–H groups in total. The number of aliphatic hydroxyl groups excluding tert-OH is 3. The molecule has 0 spiro atoms. The molecule has 15 heterocycles. The highest BCUT2D eigenvalue weighted by molar-refractivity contribution is 5.86. The molecule has 14 aromatic rings. The molecule has 14 aromatic heterocycles. The number of fused-ring (bicyclic) bond motifs is 6. The van der Waals surface area contributed by atoms with Crippen molar-refractivity contribution in [2.24, 2.45) is 11.8 Å². The average molecular weight is 2050 g/mol. The van der Waals surface area contributed by atoms with Crippen LogP contribution in [0.5, 0.6) is 0 Å². The van der Waals surface area contributed by atoms with Crippen LogP contribution < -0.4 is 11.1 Å². The molecule has 3 unspecified atom stereocenters. The number of methoxy groups -OCH3 is 3. The van der Waals surface area contributed by atoms with Crippen LogP contribution in [0.3, 0.4) is 0 Å². The standard InChI is InChI=1S/3C17H24N2O.C16H22FN3.C15H23NO2.C14H20N2O.C13H17F2NO.C13H17FN2O/c3*1-17(2,3)13-11-19(14-8-5-9-15(14)20-4)16-12(13)7-6-10-18-16;1-12(2)15-11-20(16-14(15)4-3-7-18-16)13-5-8-19(10-13)9-6-17;1-11(2)9-12-5-4-8-16(15(12)18)13-6-3-7-14(17)10-13;1-14(2,3)12-10-16(8-5-9-17)13-11(12)6-4-7-15-13;1-9(2)6-10-4-3-5-16(12(10)17)11-7-13(14,15)8-11;1-9(2)12-8-16(4-3-5-17)13-11(12)6-10(14)7-15-13/h3*6-7,10-11,14-15H,5,8-9H2,1-4H3;3-4,7,11-13H,5-6,8-10H2,1-2H3;4-5,8,11,13-14,17H,3,6-7,9-10H2,1-2H3;4,6-7,10,17H,5,8-9H2,1-3H3;3-5,9,11H,6-8H2,1-2H3;6-9,17H,3-5H2,1-2H3/t2*14-,15-;;;13-,14+;;;/m10..0.../s1. The Bertz CT molecular complexity index is 6500. The Morgan fingerprint density at radius 3 is 1.18 bits per heavy atom. The lowest BCUT2D eigenvalue weighted by Crippen LogP contribution is -2.41. The lowest BCUT2D eigenvalue weighted by atomic mass is 9.87. The summed E-state index contributed by atoms with van der Waals surface area (Å²) in [5.74, 6) is -1.19. The summed E-state index contributed by atoms with van der Waals surface area (Å²) in [5, 5.41) is 34.7. The molecule has 1 aliphatic heterocycles. The van der Waals surface area contributed by atoms with Gasteiger partial charge in [0.15, 0.2) is 0 Å². The summed E-state index contributed by atoms with van der Waals surface area (Å²) in [6.07, 6.45) is 46.1. The first kappa shape index (κ1) is 116. The van der Waals surface area contributed by atoms with Gasteiger partial charge in [0.25, 0.3) is 17.0 Å². The summed E-state index contributed by atoms with van der Waals surface area (Å²) in [6.45, 7) is 48.1. The number of aromatic nitrogens is 14. The van der Waals surface area contributed by atoms with Gasteiger partial charge in [-0.3, -0.25) is 14.5 Å². The summed E-state index contributed by atoms with van der Waals surface area (Å²) < 4.78 is 85.1. The first-order valence-electron chi connectivity index (χ1n) is 54.9. The minimum atomic E-state index is -2.59. The SMILES string of the molecule is CC(C)(C)c1cn(CCCO)c2ncccc12.CC(C)Cc1cccn(C2CC(F)(F)C2)c1=O.CC(C)Cc1cccn([C@H]2CCC[C@@H](O)C2)c1=O.CC(C)c1cn(C2CCN(CCF)C2)c2ncccc12.CC(C)c1cn(CCCO)c2ncc(F)cc12.COC1CCCC1n1cc(C(C)(C)C)c2cccnc21.CO[C@@H]1CCC[C@H]1n1cc(C(C)(C)C)c2cccnc21.CO[C@H]1CCC[C@@H]1n1cc(C(C)(C)C)c2cccnc21. The molecule has 9 atom stereocenters. The van der Waals surface area contributed by atoms with Crippen LogP contribution in [0, 0.1) is 17.7 Å². The molecular weight excluding hydrogens is 1880 g/mol. The van der Waals surface area contributed by atoms with Crippen molar-refractivity contribution < 1.29 is 47.1 Å². The van der Waals surface area contributed by atoms with Crippen LogP contribution in [0.15, 0.2) is 187 Å². The third kappa shape index (κ3) is 28.5. The van der Waals surface area contributed by atoms with E-state index in [0.29, 0.717) is 98.5 Å². The van der Waals surface area contributed by atoms with Crippen molar-refractivity contribution in [2.75, 3.05) is 60.9 Å². The maximum Gasteiger partial charge on any atom is 0.253 e. The van der Waals surface area contributed by atoms with E-state index in [1.54, 1.807) is 18.3 Å². The van der Waals surface area contributed by atoms with Crippen molar-refractivity contribution in [3.63, 3.8) is 0 Å². The largest absolute Gasteiger partial charge is 0.396 e. The topological polar surface area (TPSA) is 243 Å². The van der Waals surface area contributed by atoms with Crippen LogP contribution in [0.1, 0.15) is 347 Å². The van der Waals surface area contributed by atoms with E-state index in [0.717, 1.165) is 133 Å². The zero-order valence-corrected chi connectivity index (χ0v) is 93.2. The Morgan fingerprint density at radius 2 is 0.792 bits per heavy atom. The second-order valence-corrected chi connectivity index (χ2v) is 47.5. The molecule has 6 fully saturated rings. The van der Waals surface area contributed by atoms with Gasteiger partial charge in [0.05, 0.1) is 48.7 Å². The summed E-state index contributed by atoms with van der Waals surface area (Å²) in [7, 11) is 5.48. The molecular formula is C122H171F4N15O8. The van der Waals surface area contributed by atoms with Crippen LogP contribution in [0.2, 0.25) is 0 Å². The maximum absolute atomic E-state index is 13.2. The molecule has 0 amide bonds. The minimum absolute atomic E-state index is 0.110. The molecule has 5 saturated carbocycles. The molecule has 0 radical (unpaired) electrons. The number of hydrogen-bond acceptors (Lipinski definition) is 15. The van der Waals surface area contributed by atoms with Gasteiger partial charge < -0.3 is 66.1 Å². The van der Waals surface area contributed by atoms with Gasteiger partial charge in [-0.2, -0.15) is 0 Å². The van der Waals surface area contributed by atoms with Crippen molar-refractivity contribution in [1.29, 1.82) is 0 Å². The molecule has 0 bridgehead atoms. The molecule has 149 heavy (non-hydrogen) atoms. The molecule has 0 aromatic carbocycles. The fourth-order valence-corrected chi connectivity index (χ4v) is 22.8. The molecule has 23 nitrogen and oxygen atoms in total. The number of likely N-dealkylation sites (tertiary alicyclic amines) is 1. The van der Waals surface area contributed by atoms with Gasteiger partial charge in [-0.05, 0) is 273 Å². The smallest absolute Gasteiger partial charge is 0.253 e. The van der Waals surface area contributed by atoms with Gasteiger partial charge in [0, 0.05) is 222 Å². The molecule has 27 heteroatoms. The molecule has 5 aliphatic carbocycles. The van der Waals surface area contributed by atoms with Gasteiger partial charge in [0.2, 0.25) is 0 Å². The Kier molecular flexibility index (Phi) is 39.8. The van der Waals surface area contributed by atoms with Crippen LogP contribution >= 0.6 is 0 Å². The normalized spacial score (nSPS) is 20.1. The van der Waals surface area contributed by atoms with Gasteiger partial charge in [0.1, 0.15) is 46.4 Å². The average Bonchev–Trinajstić information content (AvgIpc) is 1.57. The second kappa shape index (κ2) is 51.3. The number of nitrogens with zero attached hydrogens (tertiary/aromatic N) is 15. The number of hydrogen-bond donors (Lipinski definition) is 3. The van der Waals surface area contributed by atoms with Crippen LogP contribution in [-0.4, -0.2) is 178 Å². The molecule has 1 saturated heterocycles. The lowest BCUT2D eigenvalue weighted by molar-refractivity contribution is -0.105. The quantitative estimate of drug-likeness (QED) is 0.0504. The maximum atomic E-state index is 13.2. The fraction of sp³-hybridized carbons (Fsp3) is 0.574. The predicted molar refractivity (Wildman–Crippen MR) is 597 cm³/mol. The third-order valence-electron chi connectivity index (χ3n) is 30.4. The van der Waals surface area contributed by atoms with Crippen LogP contribution in [0.4, 0.5) is 17.6 Å². The first-order valence-corrected chi connectivity index (χ1v) is 54.9. The van der Waals surface area contributed by atoms with E-state index in [1.807, 2.05) is 130 Å². The summed E-state index contributed by atoms with van der Waals surface area (Å²) >= 11 is 0. The summed E-state index contributed by atoms with van der Waals surface area (Å²) in [5.41, 5.74) is 16.3. The lowest BCUT2D eigenvalue weighted by Gasteiger charge is -2.36. The first-order chi connectivity index (χ1) is 70.9. The second-order valence-electron chi connectivity index (χ2n) is 47.5. The Morgan fingerprint density at radius 1 is 0.416 bits per heavy atom. The minimum Gasteiger partial charge on any atom is -0.396 e. The Labute approximate surface area is 881 Å². The summed E-state index contributed by atoms with van der Waals surface area (Å²) in [6, 6.07) is 31.5. The van der Waals surface area contributed by atoms with E-state index in [9.17, 15) is 32.3 Å². The summed E-state index contributed by atoms with van der Waals surface area (Å²) in [4.78, 5) is 53.7. The zero-order chi connectivity index (χ0) is 108. The van der Waals surface area contributed by atoms with Crippen LogP contribution in [-0.2, 0) is 61.8 Å². The number of alkyl halides is 3. The Balaban J connectivity index is 0.000000142. The molecule has 6 aliphatic rings. The molecule has 810 valence electrons. The van der Waals surface area contributed by atoms with Gasteiger partial charge in [-0.15, -0.1) is 0 Å². The number of pyridine rings is 8. The number of aliphatic hydroxyl groups is 3. The number of halogens is 4. The molecule has 20 rings (SSSR count). The van der Waals surface area contributed by atoms with Crippen molar-refractivity contribution in [3.05, 3.63) is 249 Å². The highest BCUT2D eigenvalue weighted by Crippen LogP contribution is 2.47. The fourth-order valence-electron chi connectivity index (χ4n) is 22.8. The van der Waals surface area contributed by atoms with Crippen molar-refractivity contribution >= 4 is 66.2 Å². The van der Waals surface area contributed by atoms with E-state index in [-0.39, 0.29) is 89.5 Å². The van der Waals surface area contributed by atoms with Gasteiger partial charge in [-0.1, -0.05) is 151 Å². The Hall–Kier alpha value is -10.5. The monoisotopic (exact) mass is 2050 g/mol. The third-order valence-corrected chi connectivity index (χ3v) is 30.4. The van der Waals surface area contributed by atoms with E-state index >= 15 is 0 Å². The van der Waals surface area contributed by atoms with Gasteiger partial charge >= 0.3 is 0 Å². The van der Waals surface area contributed by atoms with Crippen LogP contribution in [0.25, 0.3) is 66.2 Å². The number of aryl methyl sites for hydroxylation is 2. The van der Waals surface area contributed by atoms with E-state index in [4.69, 9.17) is 24.4 Å². The predicted octanol–water partition coefficient (Wildman–Crippen LogP) is 26.5. The highest BCUT2D eigenvalue weighted by atomic mass is 19.3. The zero-order valence-electron chi connectivity index (χ0n) is 93.2. The van der Waals surface area contributed by atoms with Crippen molar-refractivity contribution in [2.45, 2.75) is 380 Å². The number of rotatable bonds is 23. The van der Waals surface area contributed by atoms with Crippen molar-refractivity contribution in [1.82, 2.24) is 71.3 Å². The highest BCUT2D eigenvalue weighted by Gasteiger charge is 2.47. The van der Waals surface area contributed by atoms with Gasteiger partial charge in [-0.25, -0.2) is 47.5 Å². The van der Waals surface area contributed by atoms with E-state index in [2.05, 4.69) is 244 Å². The van der Waals surface area contributed by atoms with E-state index < -0.39 is 5.92 Å².